The molecule has 0 heterocycles. The first-order valence-corrected chi connectivity index (χ1v) is 4.94. The lowest BCUT2D eigenvalue weighted by Gasteiger charge is -2.11. The number of halogens is 1. The fourth-order valence-corrected chi connectivity index (χ4v) is 1.38. The second-order valence-electron chi connectivity index (χ2n) is 3.46. The van der Waals surface area contributed by atoms with Crippen molar-refractivity contribution in [3.8, 4) is 0 Å². The summed E-state index contributed by atoms with van der Waals surface area (Å²) in [6.07, 6.45) is 1.70. The number of carboxylic acid groups (broad SMARTS) is 1. The van der Waals surface area contributed by atoms with Crippen molar-refractivity contribution in [3.05, 3.63) is 35.4 Å². The van der Waals surface area contributed by atoms with E-state index in [-0.39, 0.29) is 24.0 Å². The Morgan fingerprint density at radius 1 is 1.31 bits per heavy atom. The zero-order valence-corrected chi connectivity index (χ0v) is 9.74. The number of rotatable bonds is 5. The van der Waals surface area contributed by atoms with Gasteiger partial charge in [0.25, 0.3) is 0 Å². The summed E-state index contributed by atoms with van der Waals surface area (Å²) in [5.41, 5.74) is 12.5. The molecule has 4 nitrogen and oxygen atoms in total. The Kier molecular flexibility index (Phi) is 6.72. The van der Waals surface area contributed by atoms with Crippen molar-refractivity contribution in [1.82, 2.24) is 0 Å². The van der Waals surface area contributed by atoms with E-state index in [9.17, 15) is 4.79 Å². The van der Waals surface area contributed by atoms with E-state index in [1.807, 2.05) is 0 Å². The minimum atomic E-state index is -0.919. The average Bonchev–Trinajstić information content (AvgIpc) is 2.26. The van der Waals surface area contributed by atoms with Crippen LogP contribution in [-0.4, -0.2) is 17.6 Å². The SMILES string of the molecule is Cl.NCCC[C@H](N)c1ccc(C(=O)O)cc1. The molecule has 0 aromatic heterocycles. The fraction of sp³-hybridized carbons (Fsp3) is 0.364. The molecule has 0 saturated carbocycles. The van der Waals surface area contributed by atoms with Crippen LogP contribution in [0.5, 0.6) is 0 Å². The lowest BCUT2D eigenvalue weighted by Crippen LogP contribution is -2.12. The fourth-order valence-electron chi connectivity index (χ4n) is 1.38. The largest absolute Gasteiger partial charge is 0.478 e. The number of hydrogen-bond acceptors (Lipinski definition) is 3. The molecular formula is C11H17ClN2O2. The summed E-state index contributed by atoms with van der Waals surface area (Å²) >= 11 is 0. The maximum absolute atomic E-state index is 10.6. The zero-order valence-electron chi connectivity index (χ0n) is 8.93. The highest BCUT2D eigenvalue weighted by atomic mass is 35.5. The van der Waals surface area contributed by atoms with E-state index >= 15 is 0 Å². The van der Waals surface area contributed by atoms with Crippen molar-refractivity contribution in [2.24, 2.45) is 11.5 Å². The van der Waals surface area contributed by atoms with E-state index in [4.69, 9.17) is 16.6 Å². The van der Waals surface area contributed by atoms with Crippen molar-refractivity contribution >= 4 is 18.4 Å². The second kappa shape index (κ2) is 7.22. The molecule has 0 aliphatic rings. The van der Waals surface area contributed by atoms with Crippen LogP contribution in [0, 0.1) is 0 Å². The van der Waals surface area contributed by atoms with Crippen LogP contribution in [0.2, 0.25) is 0 Å². The Morgan fingerprint density at radius 3 is 2.31 bits per heavy atom. The lowest BCUT2D eigenvalue weighted by atomic mass is 10.0. The molecule has 1 aromatic rings. The molecular weight excluding hydrogens is 228 g/mol. The van der Waals surface area contributed by atoms with Crippen molar-refractivity contribution in [2.45, 2.75) is 18.9 Å². The maximum atomic E-state index is 10.6. The number of aromatic carboxylic acids is 1. The molecule has 0 spiro atoms. The van der Waals surface area contributed by atoms with Gasteiger partial charge in [-0.15, -0.1) is 12.4 Å². The smallest absolute Gasteiger partial charge is 0.335 e. The average molecular weight is 245 g/mol. The predicted octanol–water partition coefficient (Wildman–Crippen LogP) is 1.55. The predicted molar refractivity (Wildman–Crippen MR) is 65.9 cm³/mol. The van der Waals surface area contributed by atoms with Crippen LogP contribution in [-0.2, 0) is 0 Å². The highest BCUT2D eigenvalue weighted by molar-refractivity contribution is 5.87. The van der Waals surface area contributed by atoms with Gasteiger partial charge in [-0.25, -0.2) is 4.79 Å². The third-order valence-corrected chi connectivity index (χ3v) is 2.31. The topological polar surface area (TPSA) is 89.3 Å². The van der Waals surface area contributed by atoms with Gasteiger partial charge in [0.15, 0.2) is 0 Å². The number of nitrogens with two attached hydrogens (primary N) is 2. The summed E-state index contributed by atoms with van der Waals surface area (Å²) in [5.74, 6) is -0.919. The van der Waals surface area contributed by atoms with Crippen LogP contribution in [0.15, 0.2) is 24.3 Å². The summed E-state index contributed by atoms with van der Waals surface area (Å²) in [4.78, 5) is 10.6. The van der Waals surface area contributed by atoms with Crippen molar-refractivity contribution in [3.63, 3.8) is 0 Å². The molecule has 0 aliphatic carbocycles. The third-order valence-electron chi connectivity index (χ3n) is 2.31. The minimum Gasteiger partial charge on any atom is -0.478 e. The van der Waals surface area contributed by atoms with Crippen molar-refractivity contribution in [1.29, 1.82) is 0 Å². The molecule has 1 rings (SSSR count). The van der Waals surface area contributed by atoms with Gasteiger partial charge >= 0.3 is 5.97 Å². The standard InChI is InChI=1S/C11H16N2O2.ClH/c12-7-1-2-10(13)8-3-5-9(6-4-8)11(14)15;/h3-6,10H,1-2,7,12-13H2,(H,14,15);1H/t10-;/m0./s1. The van der Waals surface area contributed by atoms with Gasteiger partial charge in [0.1, 0.15) is 0 Å². The molecule has 0 amide bonds. The van der Waals surface area contributed by atoms with E-state index in [1.54, 1.807) is 24.3 Å². The Hall–Kier alpha value is -1.10. The van der Waals surface area contributed by atoms with Gasteiger partial charge in [-0.05, 0) is 37.1 Å². The number of carbonyl (C=O) groups is 1. The van der Waals surface area contributed by atoms with Gasteiger partial charge < -0.3 is 16.6 Å². The van der Waals surface area contributed by atoms with E-state index in [0.29, 0.717) is 6.54 Å². The van der Waals surface area contributed by atoms with Crippen LogP contribution >= 0.6 is 12.4 Å². The lowest BCUT2D eigenvalue weighted by molar-refractivity contribution is 0.0697. The molecule has 90 valence electrons. The molecule has 0 fully saturated rings. The van der Waals surface area contributed by atoms with Crippen LogP contribution in [0.3, 0.4) is 0 Å². The molecule has 0 aliphatic heterocycles. The van der Waals surface area contributed by atoms with Gasteiger partial charge in [-0.2, -0.15) is 0 Å². The quantitative estimate of drug-likeness (QED) is 0.733. The van der Waals surface area contributed by atoms with Gasteiger partial charge in [0.2, 0.25) is 0 Å². The molecule has 1 atom stereocenters. The van der Waals surface area contributed by atoms with Crippen LogP contribution in [0.25, 0.3) is 0 Å². The molecule has 0 unspecified atom stereocenters. The van der Waals surface area contributed by atoms with Gasteiger partial charge in [-0.3, -0.25) is 0 Å². The van der Waals surface area contributed by atoms with E-state index < -0.39 is 5.97 Å². The normalized spacial score (nSPS) is 11.6. The summed E-state index contributed by atoms with van der Waals surface area (Å²) in [5, 5.41) is 8.71. The summed E-state index contributed by atoms with van der Waals surface area (Å²) < 4.78 is 0. The van der Waals surface area contributed by atoms with Crippen LogP contribution < -0.4 is 11.5 Å². The first-order valence-electron chi connectivity index (χ1n) is 4.94. The highest BCUT2D eigenvalue weighted by Crippen LogP contribution is 2.16. The third kappa shape index (κ3) is 4.18. The van der Waals surface area contributed by atoms with E-state index in [0.717, 1.165) is 18.4 Å². The molecule has 0 radical (unpaired) electrons. The molecule has 0 saturated heterocycles. The number of benzene rings is 1. The molecule has 0 bridgehead atoms. The van der Waals surface area contributed by atoms with E-state index in [1.165, 1.54) is 0 Å². The Morgan fingerprint density at radius 2 is 1.88 bits per heavy atom. The summed E-state index contributed by atoms with van der Waals surface area (Å²) in [6, 6.07) is 6.59. The van der Waals surface area contributed by atoms with Crippen LogP contribution in [0.4, 0.5) is 0 Å². The van der Waals surface area contributed by atoms with Crippen LogP contribution in [0.1, 0.15) is 34.8 Å². The van der Waals surface area contributed by atoms with E-state index in [2.05, 4.69) is 0 Å². The maximum Gasteiger partial charge on any atom is 0.335 e. The molecule has 1 aromatic carbocycles. The summed E-state index contributed by atoms with van der Waals surface area (Å²) in [6.45, 7) is 0.626. The Balaban J connectivity index is 0.00000225. The highest BCUT2D eigenvalue weighted by Gasteiger charge is 2.07. The van der Waals surface area contributed by atoms with Crippen molar-refractivity contribution < 1.29 is 9.90 Å². The zero-order chi connectivity index (χ0) is 11.3. The van der Waals surface area contributed by atoms with Gasteiger partial charge in [0, 0.05) is 6.04 Å². The van der Waals surface area contributed by atoms with Gasteiger partial charge in [0.05, 0.1) is 5.56 Å². The summed E-state index contributed by atoms with van der Waals surface area (Å²) in [7, 11) is 0. The number of carboxylic acids is 1. The molecule has 16 heavy (non-hydrogen) atoms. The first kappa shape index (κ1) is 14.9. The molecule has 5 heteroatoms. The first-order chi connectivity index (χ1) is 7.15. The number of hydrogen-bond donors (Lipinski definition) is 3. The van der Waals surface area contributed by atoms with Crippen molar-refractivity contribution in [2.75, 3.05) is 6.54 Å². The monoisotopic (exact) mass is 244 g/mol. The second-order valence-corrected chi connectivity index (χ2v) is 3.46. The molecule has 5 N–H and O–H groups in total. The Bertz CT molecular complexity index is 327. The van der Waals surface area contributed by atoms with Gasteiger partial charge in [-0.1, -0.05) is 12.1 Å². The Labute approximate surface area is 101 Å². The minimum absolute atomic E-state index is 0.